The van der Waals surface area contributed by atoms with Gasteiger partial charge in [0, 0.05) is 44.6 Å². The molecule has 2 heterocycles. The van der Waals surface area contributed by atoms with Crippen molar-refractivity contribution in [3.8, 4) is 0 Å². The highest BCUT2D eigenvalue weighted by Crippen LogP contribution is 2.15. The first-order chi connectivity index (χ1) is 11.6. The van der Waals surface area contributed by atoms with Gasteiger partial charge in [-0.1, -0.05) is 0 Å². The molecule has 3 rings (SSSR count). The zero-order valence-electron chi connectivity index (χ0n) is 13.0. The first-order valence-corrected chi connectivity index (χ1v) is 7.61. The topological polar surface area (TPSA) is 61.4 Å². The van der Waals surface area contributed by atoms with E-state index >= 15 is 0 Å². The molecule has 2 aromatic rings. The Kier molecular flexibility index (Phi) is 4.95. The van der Waals surface area contributed by atoms with Gasteiger partial charge in [0.15, 0.2) is 0 Å². The molecule has 1 aliphatic heterocycles. The van der Waals surface area contributed by atoms with E-state index in [1.54, 1.807) is 18.5 Å². The SMILES string of the molecule is O=C(CN1CCN(c2ncccn2)CC1)Nc1cc(F)ccc1F. The Hall–Kier alpha value is -2.61. The van der Waals surface area contributed by atoms with Gasteiger partial charge in [-0.3, -0.25) is 9.69 Å². The molecule has 6 nitrogen and oxygen atoms in total. The normalized spacial score (nSPS) is 15.3. The molecule has 0 saturated carbocycles. The van der Waals surface area contributed by atoms with Gasteiger partial charge in [0.2, 0.25) is 11.9 Å². The van der Waals surface area contributed by atoms with Crippen LogP contribution < -0.4 is 10.2 Å². The Morgan fingerprint density at radius 1 is 1.12 bits per heavy atom. The summed E-state index contributed by atoms with van der Waals surface area (Å²) in [5.41, 5.74) is -0.142. The number of rotatable bonds is 4. The summed E-state index contributed by atoms with van der Waals surface area (Å²) in [5, 5.41) is 2.41. The molecule has 0 unspecified atom stereocenters. The Balaban J connectivity index is 1.51. The van der Waals surface area contributed by atoms with Crippen LogP contribution in [-0.4, -0.2) is 53.5 Å². The summed E-state index contributed by atoms with van der Waals surface area (Å²) in [5.74, 6) is -0.952. The van der Waals surface area contributed by atoms with Crippen LogP contribution in [-0.2, 0) is 4.79 Å². The minimum atomic E-state index is -0.657. The molecule has 24 heavy (non-hydrogen) atoms. The zero-order chi connectivity index (χ0) is 16.9. The number of hydrogen-bond donors (Lipinski definition) is 1. The van der Waals surface area contributed by atoms with Gasteiger partial charge in [0.05, 0.1) is 12.2 Å². The van der Waals surface area contributed by atoms with Gasteiger partial charge in [0.25, 0.3) is 0 Å². The number of benzene rings is 1. The van der Waals surface area contributed by atoms with Gasteiger partial charge >= 0.3 is 0 Å². The number of nitrogens with one attached hydrogen (secondary N) is 1. The lowest BCUT2D eigenvalue weighted by molar-refractivity contribution is -0.117. The second-order valence-electron chi connectivity index (χ2n) is 5.48. The summed E-state index contributed by atoms with van der Waals surface area (Å²) in [7, 11) is 0. The van der Waals surface area contributed by atoms with Crippen LogP contribution in [0.5, 0.6) is 0 Å². The summed E-state index contributed by atoms with van der Waals surface area (Å²) >= 11 is 0. The summed E-state index contributed by atoms with van der Waals surface area (Å²) in [6, 6.07) is 4.73. The van der Waals surface area contributed by atoms with Gasteiger partial charge in [-0.2, -0.15) is 0 Å². The van der Waals surface area contributed by atoms with Crippen LogP contribution in [0.1, 0.15) is 0 Å². The van der Waals surface area contributed by atoms with Crippen LogP contribution in [0.25, 0.3) is 0 Å². The fourth-order valence-electron chi connectivity index (χ4n) is 2.55. The number of carbonyl (C=O) groups is 1. The molecule has 1 N–H and O–H groups in total. The van der Waals surface area contributed by atoms with Crippen molar-refractivity contribution in [3.63, 3.8) is 0 Å². The van der Waals surface area contributed by atoms with Crippen LogP contribution in [0, 0.1) is 11.6 Å². The minimum absolute atomic E-state index is 0.124. The van der Waals surface area contributed by atoms with E-state index in [1.165, 1.54) is 0 Å². The van der Waals surface area contributed by atoms with Crippen LogP contribution >= 0.6 is 0 Å². The van der Waals surface area contributed by atoms with E-state index in [0.717, 1.165) is 18.2 Å². The predicted molar refractivity (Wildman–Crippen MR) is 85.7 cm³/mol. The molecule has 0 spiro atoms. The third-order valence-electron chi connectivity index (χ3n) is 3.78. The third kappa shape index (κ3) is 4.02. The smallest absolute Gasteiger partial charge is 0.238 e. The molecule has 0 atom stereocenters. The van der Waals surface area contributed by atoms with Crippen LogP contribution in [0.15, 0.2) is 36.7 Å². The fourth-order valence-corrected chi connectivity index (χ4v) is 2.55. The second-order valence-corrected chi connectivity index (χ2v) is 5.48. The third-order valence-corrected chi connectivity index (χ3v) is 3.78. The molecule has 1 aromatic heterocycles. The van der Waals surface area contributed by atoms with Gasteiger partial charge < -0.3 is 10.2 Å². The Bertz CT molecular complexity index is 705. The average molecular weight is 333 g/mol. The Morgan fingerprint density at radius 3 is 2.54 bits per heavy atom. The van der Waals surface area contributed by atoms with E-state index in [2.05, 4.69) is 15.3 Å². The van der Waals surface area contributed by atoms with Crippen molar-refractivity contribution in [2.75, 3.05) is 42.9 Å². The van der Waals surface area contributed by atoms with Crippen LogP contribution in [0.3, 0.4) is 0 Å². The van der Waals surface area contributed by atoms with Crippen LogP contribution in [0.4, 0.5) is 20.4 Å². The lowest BCUT2D eigenvalue weighted by Crippen LogP contribution is -2.49. The monoisotopic (exact) mass is 333 g/mol. The molecule has 1 fully saturated rings. The molecule has 1 aliphatic rings. The molecule has 1 aromatic carbocycles. The molecular weight excluding hydrogens is 316 g/mol. The highest BCUT2D eigenvalue weighted by atomic mass is 19.1. The highest BCUT2D eigenvalue weighted by molar-refractivity contribution is 5.92. The van der Waals surface area contributed by atoms with Crippen molar-refractivity contribution in [3.05, 3.63) is 48.3 Å². The second kappa shape index (κ2) is 7.31. The number of carbonyl (C=O) groups excluding carboxylic acids is 1. The molecule has 1 amide bonds. The minimum Gasteiger partial charge on any atom is -0.338 e. The summed E-state index contributed by atoms with van der Waals surface area (Å²) < 4.78 is 26.6. The maximum absolute atomic E-state index is 13.5. The van der Waals surface area contributed by atoms with Crippen LogP contribution in [0.2, 0.25) is 0 Å². The van der Waals surface area contributed by atoms with Crippen molar-refractivity contribution < 1.29 is 13.6 Å². The maximum atomic E-state index is 13.5. The summed E-state index contributed by atoms with van der Waals surface area (Å²) in [6.07, 6.45) is 3.38. The Morgan fingerprint density at radius 2 is 1.83 bits per heavy atom. The van der Waals surface area contributed by atoms with E-state index < -0.39 is 11.6 Å². The van der Waals surface area contributed by atoms with Gasteiger partial charge in [-0.25, -0.2) is 18.7 Å². The van der Waals surface area contributed by atoms with Crippen molar-refractivity contribution in [1.29, 1.82) is 0 Å². The van der Waals surface area contributed by atoms with E-state index in [4.69, 9.17) is 0 Å². The van der Waals surface area contributed by atoms with E-state index in [9.17, 15) is 13.6 Å². The molecule has 0 bridgehead atoms. The fraction of sp³-hybridized carbons (Fsp3) is 0.312. The maximum Gasteiger partial charge on any atom is 0.238 e. The van der Waals surface area contributed by atoms with Gasteiger partial charge in [-0.05, 0) is 18.2 Å². The number of amides is 1. The molecule has 8 heteroatoms. The van der Waals surface area contributed by atoms with E-state index in [-0.39, 0.29) is 18.1 Å². The standard InChI is InChI=1S/C16H17F2N5O/c17-12-2-3-13(18)14(10-12)21-15(24)11-22-6-8-23(9-7-22)16-19-4-1-5-20-16/h1-5,10H,6-9,11H2,(H,21,24). The van der Waals surface area contributed by atoms with Crippen molar-refractivity contribution in [2.24, 2.45) is 0 Å². The predicted octanol–water partition coefficient (Wildman–Crippen LogP) is 1.52. The average Bonchev–Trinajstić information content (AvgIpc) is 2.59. The van der Waals surface area contributed by atoms with Gasteiger partial charge in [0.1, 0.15) is 11.6 Å². The molecular formula is C16H17F2N5O. The lowest BCUT2D eigenvalue weighted by atomic mass is 10.3. The quantitative estimate of drug-likeness (QED) is 0.919. The number of nitrogens with zero attached hydrogens (tertiary/aromatic N) is 4. The molecule has 1 saturated heterocycles. The first-order valence-electron chi connectivity index (χ1n) is 7.61. The number of aromatic nitrogens is 2. The Labute approximate surface area is 138 Å². The largest absolute Gasteiger partial charge is 0.338 e. The molecule has 0 radical (unpaired) electrons. The van der Waals surface area contributed by atoms with Crippen molar-refractivity contribution in [2.45, 2.75) is 0 Å². The van der Waals surface area contributed by atoms with E-state index in [0.29, 0.717) is 32.1 Å². The number of piperazine rings is 1. The van der Waals surface area contributed by atoms with Gasteiger partial charge in [-0.15, -0.1) is 0 Å². The number of hydrogen-bond acceptors (Lipinski definition) is 5. The number of anilines is 2. The van der Waals surface area contributed by atoms with E-state index in [1.807, 2.05) is 9.80 Å². The lowest BCUT2D eigenvalue weighted by Gasteiger charge is -2.34. The zero-order valence-corrected chi connectivity index (χ0v) is 13.0. The number of halogens is 2. The molecule has 126 valence electrons. The summed E-state index contributed by atoms with van der Waals surface area (Å²) in [4.78, 5) is 24.4. The van der Waals surface area contributed by atoms with Crippen molar-refractivity contribution in [1.82, 2.24) is 14.9 Å². The van der Waals surface area contributed by atoms with Crippen molar-refractivity contribution >= 4 is 17.5 Å². The highest BCUT2D eigenvalue weighted by Gasteiger charge is 2.20. The first kappa shape index (κ1) is 16.3. The molecule has 0 aliphatic carbocycles. The summed E-state index contributed by atoms with van der Waals surface area (Å²) in [6.45, 7) is 2.85.